The molecule has 2 amide bonds. The summed E-state index contributed by atoms with van der Waals surface area (Å²) in [6, 6.07) is 12.0. The van der Waals surface area contributed by atoms with Crippen LogP contribution in [0.5, 0.6) is 5.75 Å². The van der Waals surface area contributed by atoms with Crippen molar-refractivity contribution in [2.45, 2.75) is 26.5 Å². The molecule has 1 aliphatic heterocycles. The summed E-state index contributed by atoms with van der Waals surface area (Å²) in [5.74, 6) is 0.598. The van der Waals surface area contributed by atoms with Crippen molar-refractivity contribution in [3.63, 3.8) is 0 Å². The summed E-state index contributed by atoms with van der Waals surface area (Å²) in [6.45, 7) is 4.17. The predicted octanol–water partition coefficient (Wildman–Crippen LogP) is 6.52. The van der Waals surface area contributed by atoms with E-state index in [2.05, 4.69) is 92.0 Å². The largest absolute Gasteiger partial charge is 0.487 e. The molecule has 2 aromatic carbocycles. The molecule has 8 heteroatoms. The minimum Gasteiger partial charge on any atom is -0.487 e. The molecule has 3 rings (SSSR count). The average molecular weight is 731 g/mol. The van der Waals surface area contributed by atoms with E-state index in [0.717, 1.165) is 35.8 Å². The number of carbonyl (C=O) groups is 2. The van der Waals surface area contributed by atoms with E-state index < -0.39 is 0 Å². The number of imide groups is 1. The molecule has 0 spiro atoms. The van der Waals surface area contributed by atoms with Crippen molar-refractivity contribution in [2.75, 3.05) is 0 Å². The van der Waals surface area contributed by atoms with E-state index in [0.29, 0.717) is 11.5 Å². The highest BCUT2D eigenvalue weighted by Gasteiger charge is 2.36. The van der Waals surface area contributed by atoms with Crippen molar-refractivity contribution in [3.8, 4) is 5.75 Å². The van der Waals surface area contributed by atoms with E-state index in [9.17, 15) is 9.59 Å². The number of hydrogen-bond donors (Lipinski definition) is 0. The van der Waals surface area contributed by atoms with Gasteiger partial charge in [0.05, 0.1) is 12.0 Å². The standard InChI is InChI=1S/C20H16I3NO3S/c1-11(2)24-19(25)17(28-20(24)26)9-13-7-15(22)18(16(23)8-13)27-10-12-3-5-14(21)6-4-12/h3-9,11H,10H2,1-2H3/b17-9+. The van der Waals surface area contributed by atoms with Crippen LogP contribution in [0.4, 0.5) is 4.79 Å². The van der Waals surface area contributed by atoms with Crippen LogP contribution in [0.25, 0.3) is 6.08 Å². The molecule has 0 saturated carbocycles. The van der Waals surface area contributed by atoms with Gasteiger partial charge in [0, 0.05) is 9.61 Å². The molecular weight excluding hydrogens is 715 g/mol. The van der Waals surface area contributed by atoms with E-state index in [4.69, 9.17) is 4.74 Å². The third-order valence-electron chi connectivity index (χ3n) is 3.95. The minimum atomic E-state index is -0.228. The molecule has 4 nitrogen and oxygen atoms in total. The zero-order valence-corrected chi connectivity index (χ0v) is 22.3. The Labute approximate surface area is 209 Å². The van der Waals surface area contributed by atoms with Crippen LogP contribution in [0.1, 0.15) is 25.0 Å². The Hall–Kier alpha value is -0.340. The molecule has 146 valence electrons. The summed E-state index contributed by atoms with van der Waals surface area (Å²) < 4.78 is 9.15. The Balaban J connectivity index is 1.79. The summed E-state index contributed by atoms with van der Waals surface area (Å²) >= 11 is 7.75. The second kappa shape index (κ2) is 9.65. The van der Waals surface area contributed by atoms with Crippen LogP contribution < -0.4 is 4.74 Å². The van der Waals surface area contributed by atoms with Gasteiger partial charge in [-0.1, -0.05) is 12.1 Å². The summed E-state index contributed by atoms with van der Waals surface area (Å²) in [4.78, 5) is 26.3. The maximum atomic E-state index is 12.5. The molecule has 0 atom stereocenters. The zero-order valence-electron chi connectivity index (χ0n) is 15.0. The molecule has 0 N–H and O–H groups in total. The first-order valence-electron chi connectivity index (χ1n) is 8.39. The van der Waals surface area contributed by atoms with Crippen molar-refractivity contribution < 1.29 is 14.3 Å². The van der Waals surface area contributed by atoms with Gasteiger partial charge in [-0.15, -0.1) is 0 Å². The Morgan fingerprint density at radius 3 is 2.21 bits per heavy atom. The van der Waals surface area contributed by atoms with E-state index in [1.165, 1.54) is 8.47 Å². The van der Waals surface area contributed by atoms with Gasteiger partial charge in [-0.3, -0.25) is 14.5 Å². The lowest BCUT2D eigenvalue weighted by Crippen LogP contribution is -2.34. The van der Waals surface area contributed by atoms with E-state index in [-0.39, 0.29) is 17.2 Å². The van der Waals surface area contributed by atoms with Crippen LogP contribution >= 0.6 is 79.5 Å². The van der Waals surface area contributed by atoms with Crippen LogP contribution in [0.15, 0.2) is 41.3 Å². The normalized spacial score (nSPS) is 15.8. The van der Waals surface area contributed by atoms with Gasteiger partial charge in [0.25, 0.3) is 11.1 Å². The second-order valence-electron chi connectivity index (χ2n) is 6.37. The fourth-order valence-corrected chi connectivity index (χ4v) is 6.06. The molecule has 1 aliphatic rings. The topological polar surface area (TPSA) is 46.6 Å². The van der Waals surface area contributed by atoms with E-state index in [1.807, 2.05) is 26.0 Å². The molecule has 0 aliphatic carbocycles. The monoisotopic (exact) mass is 731 g/mol. The highest BCUT2D eigenvalue weighted by molar-refractivity contribution is 14.1. The SMILES string of the molecule is CC(C)N1C(=O)S/C(=C/c2cc(I)c(OCc3ccc(I)cc3)c(I)c2)C1=O. The fraction of sp³-hybridized carbons (Fsp3) is 0.200. The summed E-state index contributed by atoms with van der Waals surface area (Å²) in [6.07, 6.45) is 1.78. The number of nitrogens with zero attached hydrogens (tertiary/aromatic N) is 1. The number of amides is 2. The number of halogens is 3. The van der Waals surface area contributed by atoms with Gasteiger partial charge < -0.3 is 4.74 Å². The Bertz CT molecular complexity index is 935. The predicted molar refractivity (Wildman–Crippen MR) is 138 cm³/mol. The number of hydrogen-bond acceptors (Lipinski definition) is 4. The maximum Gasteiger partial charge on any atom is 0.293 e. The Morgan fingerprint density at radius 1 is 1.07 bits per heavy atom. The van der Waals surface area contributed by atoms with Crippen molar-refractivity contribution >= 4 is 96.8 Å². The van der Waals surface area contributed by atoms with E-state index in [1.54, 1.807) is 6.08 Å². The first-order valence-corrected chi connectivity index (χ1v) is 12.4. The highest BCUT2D eigenvalue weighted by atomic mass is 127. The van der Waals surface area contributed by atoms with Crippen LogP contribution in [0.2, 0.25) is 0 Å². The molecule has 0 bridgehead atoms. The first kappa shape index (κ1) is 22.3. The lowest BCUT2D eigenvalue weighted by Gasteiger charge is -2.16. The van der Waals surface area contributed by atoms with Gasteiger partial charge in [0.1, 0.15) is 12.4 Å². The van der Waals surface area contributed by atoms with Crippen molar-refractivity contribution in [3.05, 3.63) is 63.1 Å². The highest BCUT2D eigenvalue weighted by Crippen LogP contribution is 2.35. The van der Waals surface area contributed by atoms with Crippen molar-refractivity contribution in [1.29, 1.82) is 0 Å². The maximum absolute atomic E-state index is 12.5. The Morgan fingerprint density at radius 2 is 1.68 bits per heavy atom. The Kier molecular flexibility index (Phi) is 7.70. The van der Waals surface area contributed by atoms with Crippen LogP contribution in [-0.4, -0.2) is 22.1 Å². The number of thioether (sulfide) groups is 1. The quantitative estimate of drug-likeness (QED) is 0.260. The van der Waals surface area contributed by atoms with Gasteiger partial charge in [-0.25, -0.2) is 0 Å². The van der Waals surface area contributed by atoms with E-state index >= 15 is 0 Å². The molecule has 1 fully saturated rings. The summed E-state index contributed by atoms with van der Waals surface area (Å²) in [7, 11) is 0. The molecular formula is C20H16I3NO3S. The van der Waals surface area contributed by atoms with Gasteiger partial charge in [0.2, 0.25) is 0 Å². The zero-order chi connectivity index (χ0) is 20.4. The molecule has 0 radical (unpaired) electrons. The van der Waals surface area contributed by atoms with Crippen LogP contribution in [0, 0.1) is 10.7 Å². The number of benzene rings is 2. The van der Waals surface area contributed by atoms with Gasteiger partial charge in [-0.2, -0.15) is 0 Å². The summed E-state index contributed by atoms with van der Waals surface area (Å²) in [5, 5.41) is -0.215. The van der Waals surface area contributed by atoms with Gasteiger partial charge in [0.15, 0.2) is 0 Å². The molecule has 28 heavy (non-hydrogen) atoms. The molecule has 0 aromatic heterocycles. The number of rotatable bonds is 5. The van der Waals surface area contributed by atoms with Crippen LogP contribution in [0.3, 0.4) is 0 Å². The number of ether oxygens (including phenoxy) is 1. The minimum absolute atomic E-state index is 0.143. The molecule has 0 unspecified atom stereocenters. The van der Waals surface area contributed by atoms with Gasteiger partial charge >= 0.3 is 0 Å². The third-order valence-corrected chi connectivity index (χ3v) is 7.16. The van der Waals surface area contributed by atoms with Crippen LogP contribution in [-0.2, 0) is 11.4 Å². The molecule has 2 aromatic rings. The lowest BCUT2D eigenvalue weighted by molar-refractivity contribution is -0.123. The fourth-order valence-electron chi connectivity index (χ4n) is 2.61. The number of carbonyl (C=O) groups excluding carboxylic acids is 2. The molecule has 1 saturated heterocycles. The first-order chi connectivity index (χ1) is 13.3. The third kappa shape index (κ3) is 5.22. The summed E-state index contributed by atoms with van der Waals surface area (Å²) in [5.41, 5.74) is 1.99. The van der Waals surface area contributed by atoms with Crippen molar-refractivity contribution in [2.24, 2.45) is 0 Å². The second-order valence-corrected chi connectivity index (χ2v) is 10.9. The lowest BCUT2D eigenvalue weighted by atomic mass is 10.2. The average Bonchev–Trinajstić information content (AvgIpc) is 2.89. The molecule has 1 heterocycles. The van der Waals surface area contributed by atoms with Crippen molar-refractivity contribution in [1.82, 2.24) is 4.90 Å². The van der Waals surface area contributed by atoms with Gasteiger partial charge in [-0.05, 0) is 135 Å². The smallest absolute Gasteiger partial charge is 0.293 e.